The van der Waals surface area contributed by atoms with Crippen LogP contribution < -0.4 is 0 Å². The Morgan fingerprint density at radius 2 is 1.39 bits per heavy atom. The molecule has 428 valence electrons. The summed E-state index contributed by atoms with van der Waals surface area (Å²) in [6, 6.07) is 0. The molecule has 75 heavy (non-hydrogen) atoms. The second kappa shape index (κ2) is 20.7. The molecule has 9 rings (SSSR count). The number of ether oxygens (including phenoxy) is 9. The molecule has 0 aromatic rings. The van der Waals surface area contributed by atoms with Crippen molar-refractivity contribution in [2.24, 2.45) is 33.5 Å². The van der Waals surface area contributed by atoms with Gasteiger partial charge in [0, 0.05) is 23.7 Å². The van der Waals surface area contributed by atoms with Gasteiger partial charge in [-0.15, -0.1) is 0 Å². The number of ketones is 2. The highest BCUT2D eigenvalue weighted by molar-refractivity contribution is 5.94. The minimum absolute atomic E-state index is 0.0246. The van der Waals surface area contributed by atoms with Gasteiger partial charge in [0.05, 0.1) is 56.8 Å². The van der Waals surface area contributed by atoms with Crippen LogP contribution in [0.2, 0.25) is 0 Å². The molecular formula is C52H82O23. The normalized spacial score (nSPS) is 54.0. The highest BCUT2D eigenvalue weighted by atomic mass is 16.8. The van der Waals surface area contributed by atoms with Crippen molar-refractivity contribution >= 4 is 11.6 Å². The summed E-state index contributed by atoms with van der Waals surface area (Å²) in [5.74, 6) is -0.0224. The number of hydrogen-bond donors (Lipinski definition) is 12. The Labute approximate surface area is 435 Å². The molecule has 23 nitrogen and oxygen atoms in total. The molecule has 9 aliphatic rings. The van der Waals surface area contributed by atoms with Crippen LogP contribution in [0.15, 0.2) is 11.1 Å². The third kappa shape index (κ3) is 8.80. The van der Waals surface area contributed by atoms with Crippen LogP contribution in [0.1, 0.15) is 106 Å². The highest BCUT2D eigenvalue weighted by Gasteiger charge is 2.76. The second-order valence-electron chi connectivity index (χ2n) is 24.4. The van der Waals surface area contributed by atoms with E-state index in [9.17, 15) is 70.9 Å². The SMILES string of the molecule is CCC(=O)[C@]1(C)C[C@@H](C)[C@]2(CC(=O)[C@]3(C)C4=C(CC[C@@]32C)[C@]2(C)CC[C@@H](O[C@H]3O[C@H](CO[C@@H]5OC[C@@H](O)[C@H](O)[C@@H]5O[C@@H]5O[C@H](CO)[C@@H](O)[C@@H](O)[C@H]5O[C@@H]5OC[C@@](O)(CO)[C@@H]5O)[C@H](O)[C@@H](O)[C@H]3O)[C@@](C)(CO)[C@@H]2CC4)O1. The van der Waals surface area contributed by atoms with Crippen LogP contribution in [0, 0.1) is 33.5 Å². The van der Waals surface area contributed by atoms with E-state index in [0.29, 0.717) is 51.4 Å². The van der Waals surface area contributed by atoms with Crippen LogP contribution in [0.4, 0.5) is 0 Å². The van der Waals surface area contributed by atoms with Gasteiger partial charge in [-0.3, -0.25) is 9.59 Å². The van der Waals surface area contributed by atoms with Crippen molar-refractivity contribution in [1.82, 2.24) is 0 Å². The summed E-state index contributed by atoms with van der Waals surface area (Å²) < 4.78 is 54.2. The molecule has 0 aromatic heterocycles. The number of hydrogen-bond acceptors (Lipinski definition) is 23. The van der Waals surface area contributed by atoms with Gasteiger partial charge in [-0.1, -0.05) is 45.8 Å². The predicted octanol–water partition coefficient (Wildman–Crippen LogP) is -2.26. The van der Waals surface area contributed by atoms with Gasteiger partial charge in [0.15, 0.2) is 30.9 Å². The van der Waals surface area contributed by atoms with Gasteiger partial charge < -0.3 is 104 Å². The van der Waals surface area contributed by atoms with E-state index in [1.807, 2.05) is 20.8 Å². The van der Waals surface area contributed by atoms with Gasteiger partial charge in [0.2, 0.25) is 0 Å². The fourth-order valence-corrected chi connectivity index (χ4v) is 15.6. The molecule has 5 aliphatic heterocycles. The van der Waals surface area contributed by atoms with Crippen molar-refractivity contribution in [1.29, 1.82) is 0 Å². The number of carbonyl (C=O) groups excluding carboxylic acids is 2. The number of allylic oxidation sites excluding steroid dienone is 2. The zero-order valence-corrected chi connectivity index (χ0v) is 43.9. The first-order valence-corrected chi connectivity index (χ1v) is 26.8. The van der Waals surface area contributed by atoms with E-state index >= 15 is 0 Å². The van der Waals surface area contributed by atoms with Crippen LogP contribution in [-0.4, -0.2) is 234 Å². The van der Waals surface area contributed by atoms with E-state index in [-0.39, 0.29) is 36.4 Å². The van der Waals surface area contributed by atoms with Gasteiger partial charge in [-0.05, 0) is 76.0 Å². The molecule has 5 heterocycles. The minimum atomic E-state index is -2.15. The lowest BCUT2D eigenvalue weighted by Crippen LogP contribution is -2.65. The lowest BCUT2D eigenvalue weighted by Gasteiger charge is -2.63. The average molecular weight is 1080 g/mol. The van der Waals surface area contributed by atoms with Crippen molar-refractivity contribution in [3.8, 4) is 0 Å². The molecule has 4 aliphatic carbocycles. The molecule has 0 aromatic carbocycles. The molecule has 0 amide bonds. The molecule has 0 bridgehead atoms. The smallest absolute Gasteiger partial charge is 0.187 e. The van der Waals surface area contributed by atoms with E-state index in [2.05, 4.69) is 27.7 Å². The summed E-state index contributed by atoms with van der Waals surface area (Å²) in [6.45, 7) is 10.5. The lowest BCUT2D eigenvalue weighted by molar-refractivity contribution is -0.378. The lowest BCUT2D eigenvalue weighted by atomic mass is 9.42. The molecule has 0 unspecified atom stereocenters. The van der Waals surface area contributed by atoms with Gasteiger partial charge in [0.1, 0.15) is 90.2 Å². The second-order valence-corrected chi connectivity index (χ2v) is 24.4. The Kier molecular flexibility index (Phi) is 15.9. The molecule has 1 spiro atoms. The Morgan fingerprint density at radius 1 is 0.720 bits per heavy atom. The first-order chi connectivity index (χ1) is 35.2. The van der Waals surface area contributed by atoms with Crippen LogP contribution in [0.5, 0.6) is 0 Å². The summed E-state index contributed by atoms with van der Waals surface area (Å²) in [6.07, 6.45) is -23.5. The first-order valence-electron chi connectivity index (χ1n) is 26.8. The molecule has 5 saturated heterocycles. The van der Waals surface area contributed by atoms with Gasteiger partial charge in [-0.25, -0.2) is 0 Å². The maximum atomic E-state index is 14.7. The molecule has 2 saturated carbocycles. The van der Waals surface area contributed by atoms with Gasteiger partial charge in [-0.2, -0.15) is 0 Å². The summed E-state index contributed by atoms with van der Waals surface area (Å²) in [5, 5.41) is 130. The third-order valence-electron chi connectivity index (χ3n) is 20.4. The van der Waals surface area contributed by atoms with Crippen molar-refractivity contribution < 1.29 is 113 Å². The van der Waals surface area contributed by atoms with E-state index in [0.717, 1.165) is 5.57 Å². The first kappa shape index (κ1) is 57.9. The van der Waals surface area contributed by atoms with E-state index in [4.69, 9.17) is 42.6 Å². The molecule has 7 fully saturated rings. The summed E-state index contributed by atoms with van der Waals surface area (Å²) in [4.78, 5) is 28.0. The van der Waals surface area contributed by atoms with Crippen molar-refractivity contribution in [2.75, 3.05) is 39.6 Å². The van der Waals surface area contributed by atoms with Crippen molar-refractivity contribution in [3.63, 3.8) is 0 Å². The maximum absolute atomic E-state index is 14.7. The van der Waals surface area contributed by atoms with Crippen LogP contribution in [0.3, 0.4) is 0 Å². The largest absolute Gasteiger partial charge is 0.396 e. The number of Topliss-reactive ketones (excluding diaryl/α,β-unsaturated/α-hetero) is 2. The number of rotatable bonds is 14. The van der Waals surface area contributed by atoms with Gasteiger partial charge in [0.25, 0.3) is 0 Å². The topological polar surface area (TPSA) is 360 Å². The van der Waals surface area contributed by atoms with Crippen molar-refractivity contribution in [2.45, 2.75) is 228 Å². The molecule has 23 heteroatoms. The third-order valence-corrected chi connectivity index (χ3v) is 20.4. The maximum Gasteiger partial charge on any atom is 0.187 e. The molecule has 26 atom stereocenters. The van der Waals surface area contributed by atoms with Crippen molar-refractivity contribution in [3.05, 3.63) is 11.1 Å². The summed E-state index contributed by atoms with van der Waals surface area (Å²) in [7, 11) is 0. The summed E-state index contributed by atoms with van der Waals surface area (Å²) >= 11 is 0. The van der Waals surface area contributed by atoms with E-state index in [1.54, 1.807) is 0 Å². The molecule has 0 radical (unpaired) electrons. The Morgan fingerprint density at radius 3 is 2.04 bits per heavy atom. The van der Waals surface area contributed by atoms with Crippen LogP contribution in [-0.2, 0) is 52.2 Å². The Hall–Kier alpha value is -1.76. The fraction of sp³-hybridized carbons (Fsp3) is 0.923. The standard InChI is InChI=1S/C52H82O23/c1-8-30(57)48(5)15-23(2)52(75-48)16-31(58)50(7)25-9-10-29-46(3,24(25)11-14-49(50,52)6)13-12-32(47(29,4)20-54)72-42-38(64)36(62)35(61)28(71-42)19-68-43-39(33(59)26(56)18-67-43)73-44-40(37(63)34(60)27(17-53)70-44)74-45-41(65)51(66,21-55)22-69-45/h23,26-29,32-45,53-56,59-66H,8-22H2,1-7H3/t23-,26-,27-,28-,29-,32-,33+,34-,35+,36-,37-,38-,39+,40-,41-,42-,43+,44+,45+,46+,47+,48+,49+,50+,51+,52+/m1/s1. The summed E-state index contributed by atoms with van der Waals surface area (Å²) in [5.41, 5.74) is -4.38. The van der Waals surface area contributed by atoms with Gasteiger partial charge >= 0.3 is 0 Å². The number of aliphatic hydroxyl groups is 12. The number of carbonyl (C=O) groups is 2. The fourth-order valence-electron chi connectivity index (χ4n) is 15.6. The van der Waals surface area contributed by atoms with Crippen LogP contribution in [0.25, 0.3) is 0 Å². The number of fused-ring (bicyclic) bond motifs is 5. The van der Waals surface area contributed by atoms with E-state index in [1.165, 1.54) is 5.57 Å². The quantitative estimate of drug-likeness (QED) is 0.0817. The van der Waals surface area contributed by atoms with E-state index < -0.39 is 176 Å². The molecule has 12 N–H and O–H groups in total. The minimum Gasteiger partial charge on any atom is -0.396 e. The predicted molar refractivity (Wildman–Crippen MR) is 253 cm³/mol. The number of aliphatic hydroxyl groups excluding tert-OH is 11. The average Bonchev–Trinajstić information content (AvgIpc) is 3.90. The Balaban J connectivity index is 0.902. The molecular weight excluding hydrogens is 993 g/mol. The monoisotopic (exact) mass is 1070 g/mol. The zero-order chi connectivity index (χ0) is 54.7. The van der Waals surface area contributed by atoms with Crippen LogP contribution >= 0.6 is 0 Å². The highest BCUT2D eigenvalue weighted by Crippen LogP contribution is 2.75. The zero-order valence-electron chi connectivity index (χ0n) is 43.9. The Bertz CT molecular complexity index is 2150.